The molecule has 0 aliphatic carbocycles. The molecule has 1 atom stereocenters. The van der Waals surface area contributed by atoms with Crippen LogP contribution in [0.5, 0.6) is 0 Å². The van der Waals surface area contributed by atoms with Crippen LogP contribution < -0.4 is 4.90 Å². The molecule has 1 fully saturated rings. The van der Waals surface area contributed by atoms with E-state index in [4.69, 9.17) is 0 Å². The van der Waals surface area contributed by atoms with Gasteiger partial charge in [-0.1, -0.05) is 0 Å². The van der Waals surface area contributed by atoms with Crippen LogP contribution in [0.2, 0.25) is 0 Å². The van der Waals surface area contributed by atoms with Crippen molar-refractivity contribution in [1.29, 1.82) is 0 Å². The lowest BCUT2D eigenvalue weighted by atomic mass is 10.2. The molecule has 0 saturated carbocycles. The van der Waals surface area contributed by atoms with Crippen molar-refractivity contribution in [2.45, 2.75) is 25.8 Å². The maximum absolute atomic E-state index is 4.23. The van der Waals surface area contributed by atoms with E-state index in [9.17, 15) is 0 Å². The highest BCUT2D eigenvalue weighted by Gasteiger charge is 2.21. The quantitative estimate of drug-likeness (QED) is 0.627. The smallest absolute Gasteiger partial charge is 0.225 e. The lowest BCUT2D eigenvalue weighted by Crippen LogP contribution is -2.27. The maximum Gasteiger partial charge on any atom is 0.225 e. The van der Waals surface area contributed by atoms with Gasteiger partial charge in [0.25, 0.3) is 0 Å². The van der Waals surface area contributed by atoms with Gasteiger partial charge in [0.2, 0.25) is 5.95 Å². The first-order valence-electron chi connectivity index (χ1n) is 4.41. The van der Waals surface area contributed by atoms with Crippen LogP contribution in [0, 0.1) is 0 Å². The van der Waals surface area contributed by atoms with Crippen LogP contribution >= 0.6 is 0 Å². The molecule has 1 aliphatic heterocycles. The Hall–Kier alpha value is -1.12. The Morgan fingerprint density at radius 1 is 1.42 bits per heavy atom. The molecule has 3 nitrogen and oxygen atoms in total. The standard InChI is InChI=1S/C9H13N3/c1-8-4-2-7-12(8)9-10-5-3-6-11-9/h3,5-6,8H,2,4,7H2,1H3/t8-/m1/s1. The molecule has 1 aromatic rings. The van der Waals surface area contributed by atoms with E-state index in [1.165, 1.54) is 12.8 Å². The highest BCUT2D eigenvalue weighted by atomic mass is 15.3. The van der Waals surface area contributed by atoms with Crippen molar-refractivity contribution in [3.05, 3.63) is 18.5 Å². The molecule has 0 bridgehead atoms. The highest BCUT2D eigenvalue weighted by molar-refractivity contribution is 5.31. The van der Waals surface area contributed by atoms with Gasteiger partial charge < -0.3 is 4.90 Å². The summed E-state index contributed by atoms with van der Waals surface area (Å²) < 4.78 is 0. The second-order valence-corrected chi connectivity index (χ2v) is 3.23. The summed E-state index contributed by atoms with van der Waals surface area (Å²) in [6.45, 7) is 3.33. The number of hydrogen-bond donors (Lipinski definition) is 0. The summed E-state index contributed by atoms with van der Waals surface area (Å²) in [6.07, 6.45) is 6.12. The first kappa shape index (κ1) is 7.53. The predicted octanol–water partition coefficient (Wildman–Crippen LogP) is 1.47. The lowest BCUT2D eigenvalue weighted by Gasteiger charge is -2.20. The molecule has 2 heterocycles. The molecule has 1 saturated heterocycles. The second kappa shape index (κ2) is 3.09. The van der Waals surface area contributed by atoms with E-state index in [-0.39, 0.29) is 0 Å². The minimum absolute atomic E-state index is 0.604. The van der Waals surface area contributed by atoms with E-state index < -0.39 is 0 Å². The van der Waals surface area contributed by atoms with Gasteiger partial charge in [-0.2, -0.15) is 0 Å². The minimum Gasteiger partial charge on any atom is -0.338 e. The molecule has 1 aliphatic rings. The molecule has 64 valence electrons. The predicted molar refractivity (Wildman–Crippen MR) is 48.1 cm³/mol. The molecule has 0 unspecified atom stereocenters. The van der Waals surface area contributed by atoms with Crippen molar-refractivity contribution < 1.29 is 0 Å². The monoisotopic (exact) mass is 163 g/mol. The number of hydrogen-bond acceptors (Lipinski definition) is 3. The van der Waals surface area contributed by atoms with E-state index in [2.05, 4.69) is 21.8 Å². The van der Waals surface area contributed by atoms with Crippen LogP contribution in [0.25, 0.3) is 0 Å². The van der Waals surface area contributed by atoms with Crippen molar-refractivity contribution in [3.63, 3.8) is 0 Å². The molecule has 2 rings (SSSR count). The van der Waals surface area contributed by atoms with Gasteiger partial charge in [-0.25, -0.2) is 9.97 Å². The average molecular weight is 163 g/mol. The van der Waals surface area contributed by atoms with Crippen LogP contribution in [-0.4, -0.2) is 22.6 Å². The van der Waals surface area contributed by atoms with Crippen molar-refractivity contribution in [1.82, 2.24) is 9.97 Å². The lowest BCUT2D eigenvalue weighted by molar-refractivity contribution is 0.717. The van der Waals surface area contributed by atoms with E-state index in [0.29, 0.717) is 6.04 Å². The summed E-state index contributed by atoms with van der Waals surface area (Å²) in [5.41, 5.74) is 0. The Bertz CT molecular complexity index is 247. The summed E-state index contributed by atoms with van der Waals surface area (Å²) >= 11 is 0. The van der Waals surface area contributed by atoms with Gasteiger partial charge in [-0.05, 0) is 25.8 Å². The van der Waals surface area contributed by atoms with Crippen LogP contribution in [0.3, 0.4) is 0 Å². The van der Waals surface area contributed by atoms with Crippen molar-refractivity contribution in [2.75, 3.05) is 11.4 Å². The van der Waals surface area contributed by atoms with Gasteiger partial charge in [-0.15, -0.1) is 0 Å². The van der Waals surface area contributed by atoms with Gasteiger partial charge in [-0.3, -0.25) is 0 Å². The summed E-state index contributed by atoms with van der Waals surface area (Å²) in [4.78, 5) is 10.7. The summed E-state index contributed by atoms with van der Waals surface area (Å²) in [6, 6.07) is 2.46. The average Bonchev–Trinajstić information content (AvgIpc) is 2.53. The second-order valence-electron chi connectivity index (χ2n) is 3.23. The largest absolute Gasteiger partial charge is 0.338 e. The summed E-state index contributed by atoms with van der Waals surface area (Å²) in [5.74, 6) is 0.877. The number of nitrogens with zero attached hydrogens (tertiary/aromatic N) is 3. The fraction of sp³-hybridized carbons (Fsp3) is 0.556. The Morgan fingerprint density at radius 2 is 2.17 bits per heavy atom. The fourth-order valence-corrected chi connectivity index (χ4v) is 1.67. The van der Waals surface area contributed by atoms with Crippen molar-refractivity contribution in [2.24, 2.45) is 0 Å². The summed E-state index contributed by atoms with van der Waals surface area (Å²) in [7, 11) is 0. The Labute approximate surface area is 72.4 Å². The fourth-order valence-electron chi connectivity index (χ4n) is 1.67. The third kappa shape index (κ3) is 1.26. The zero-order valence-corrected chi connectivity index (χ0v) is 7.27. The normalized spacial score (nSPS) is 23.1. The van der Waals surface area contributed by atoms with Crippen molar-refractivity contribution >= 4 is 5.95 Å². The molecule has 0 aromatic carbocycles. The van der Waals surface area contributed by atoms with Gasteiger partial charge >= 0.3 is 0 Å². The van der Waals surface area contributed by atoms with Crippen LogP contribution in [0.1, 0.15) is 19.8 Å². The Morgan fingerprint density at radius 3 is 2.75 bits per heavy atom. The summed E-state index contributed by atoms with van der Waals surface area (Å²) in [5, 5.41) is 0. The molecular weight excluding hydrogens is 150 g/mol. The Kier molecular flexibility index (Phi) is 1.94. The van der Waals surface area contributed by atoms with Crippen molar-refractivity contribution in [3.8, 4) is 0 Å². The van der Waals surface area contributed by atoms with Gasteiger partial charge in [0, 0.05) is 25.0 Å². The van der Waals surface area contributed by atoms with Gasteiger partial charge in [0.05, 0.1) is 0 Å². The van der Waals surface area contributed by atoms with Crippen LogP contribution in [0.4, 0.5) is 5.95 Å². The first-order valence-corrected chi connectivity index (χ1v) is 4.41. The third-order valence-electron chi connectivity index (χ3n) is 2.36. The maximum atomic E-state index is 4.23. The molecule has 0 amide bonds. The Balaban J connectivity index is 2.19. The molecule has 3 heteroatoms. The van der Waals surface area contributed by atoms with E-state index >= 15 is 0 Å². The molecule has 0 spiro atoms. The minimum atomic E-state index is 0.604. The van der Waals surface area contributed by atoms with Crippen LogP contribution in [0.15, 0.2) is 18.5 Å². The first-order chi connectivity index (χ1) is 5.88. The number of rotatable bonds is 1. The van der Waals surface area contributed by atoms with Crippen LogP contribution in [-0.2, 0) is 0 Å². The van der Waals surface area contributed by atoms with E-state index in [1.807, 2.05) is 6.07 Å². The molecular formula is C9H13N3. The molecule has 0 N–H and O–H groups in total. The zero-order chi connectivity index (χ0) is 8.39. The third-order valence-corrected chi connectivity index (χ3v) is 2.36. The number of aromatic nitrogens is 2. The van der Waals surface area contributed by atoms with Gasteiger partial charge in [0.1, 0.15) is 0 Å². The molecule has 0 radical (unpaired) electrons. The van der Waals surface area contributed by atoms with E-state index in [1.54, 1.807) is 12.4 Å². The zero-order valence-electron chi connectivity index (χ0n) is 7.27. The molecule has 1 aromatic heterocycles. The van der Waals surface area contributed by atoms with Gasteiger partial charge in [0.15, 0.2) is 0 Å². The SMILES string of the molecule is C[C@@H]1CCCN1c1ncccn1. The van der Waals surface area contributed by atoms with E-state index in [0.717, 1.165) is 12.5 Å². The number of anilines is 1. The molecule has 12 heavy (non-hydrogen) atoms. The highest BCUT2D eigenvalue weighted by Crippen LogP contribution is 2.20. The topological polar surface area (TPSA) is 29.0 Å².